The van der Waals surface area contributed by atoms with Crippen molar-refractivity contribution in [1.29, 1.82) is 0 Å². The van der Waals surface area contributed by atoms with Crippen LogP contribution in [-0.2, 0) is 20.8 Å². The summed E-state index contributed by atoms with van der Waals surface area (Å²) in [6.45, 7) is 3.05. The van der Waals surface area contributed by atoms with Crippen LogP contribution in [0.25, 0.3) is 0 Å². The van der Waals surface area contributed by atoms with E-state index >= 15 is 0 Å². The molecule has 2 aliphatic heterocycles. The average Bonchev–Trinajstić information content (AvgIpc) is 3.00. The number of rotatable bonds is 4. The Bertz CT molecular complexity index is 864. The van der Waals surface area contributed by atoms with E-state index < -0.39 is 17.5 Å². The van der Waals surface area contributed by atoms with Gasteiger partial charge >= 0.3 is 6.03 Å². The minimum absolute atomic E-state index is 0.0195. The van der Waals surface area contributed by atoms with E-state index in [1.165, 1.54) is 0 Å². The molecule has 1 aromatic carbocycles. The van der Waals surface area contributed by atoms with Gasteiger partial charge in [0.15, 0.2) is 0 Å². The van der Waals surface area contributed by atoms with Crippen molar-refractivity contribution >= 4 is 23.8 Å². The van der Waals surface area contributed by atoms with E-state index in [0.717, 1.165) is 23.4 Å². The molecule has 0 bridgehead atoms. The Labute approximate surface area is 182 Å². The maximum atomic E-state index is 13.0. The van der Waals surface area contributed by atoms with Crippen LogP contribution in [-0.4, -0.2) is 52.3 Å². The highest BCUT2D eigenvalue weighted by Gasteiger charge is 2.53. The quantitative estimate of drug-likeness (QED) is 0.720. The fraction of sp³-hybridized carbons (Fsp3) is 0.565. The predicted octanol–water partition coefficient (Wildman–Crippen LogP) is 2.00. The summed E-state index contributed by atoms with van der Waals surface area (Å²) in [4.78, 5) is 52.7. The first kappa shape index (κ1) is 21.3. The van der Waals surface area contributed by atoms with Crippen molar-refractivity contribution in [3.8, 4) is 0 Å². The number of hydrazine groups is 1. The highest BCUT2D eigenvalue weighted by atomic mass is 16.2. The van der Waals surface area contributed by atoms with Crippen LogP contribution >= 0.6 is 0 Å². The van der Waals surface area contributed by atoms with E-state index in [1.807, 2.05) is 30.3 Å². The molecule has 0 radical (unpaired) electrons. The summed E-state index contributed by atoms with van der Waals surface area (Å²) in [6, 6.07) is 8.94. The molecule has 2 N–H and O–H groups in total. The monoisotopic (exact) mass is 426 g/mol. The number of nitrogens with one attached hydrogen (secondary N) is 2. The van der Waals surface area contributed by atoms with E-state index in [4.69, 9.17) is 0 Å². The second kappa shape index (κ2) is 8.69. The molecule has 1 aliphatic carbocycles. The summed E-state index contributed by atoms with van der Waals surface area (Å²) in [6.07, 6.45) is 4.55. The van der Waals surface area contributed by atoms with Gasteiger partial charge in [0.1, 0.15) is 5.54 Å². The Morgan fingerprint density at radius 1 is 1.13 bits per heavy atom. The topological polar surface area (TPSA) is 98.8 Å². The summed E-state index contributed by atoms with van der Waals surface area (Å²) in [7, 11) is 0. The highest BCUT2D eigenvalue weighted by molar-refractivity contribution is 6.08. The molecule has 2 heterocycles. The molecule has 3 fully saturated rings. The third kappa shape index (κ3) is 4.43. The third-order valence-electron chi connectivity index (χ3n) is 6.85. The molecular formula is C23H30N4O4. The molecule has 5 amide bonds. The Morgan fingerprint density at radius 2 is 1.84 bits per heavy atom. The number of carbonyl (C=O) groups is 4. The van der Waals surface area contributed by atoms with E-state index in [9.17, 15) is 19.2 Å². The summed E-state index contributed by atoms with van der Waals surface area (Å²) in [5, 5.41) is 3.66. The van der Waals surface area contributed by atoms with Gasteiger partial charge in [-0.05, 0) is 50.0 Å². The third-order valence-corrected chi connectivity index (χ3v) is 6.85. The van der Waals surface area contributed by atoms with Gasteiger partial charge in [-0.15, -0.1) is 0 Å². The molecule has 8 heteroatoms. The molecule has 3 aliphatic rings. The molecule has 8 nitrogen and oxygen atoms in total. The Balaban J connectivity index is 1.35. The van der Waals surface area contributed by atoms with Crippen LogP contribution in [0.4, 0.5) is 4.79 Å². The summed E-state index contributed by atoms with van der Waals surface area (Å²) >= 11 is 0. The SMILES string of the molecule is CC1CCC2(CC1)NC(=O)N(NC(=O)C1CCCN(C(=O)Cc3ccccc3)C1)C2=O. The minimum Gasteiger partial charge on any atom is -0.342 e. The van der Waals surface area contributed by atoms with Gasteiger partial charge in [-0.1, -0.05) is 37.3 Å². The Morgan fingerprint density at radius 3 is 2.55 bits per heavy atom. The van der Waals surface area contributed by atoms with Gasteiger partial charge in [-0.25, -0.2) is 4.79 Å². The van der Waals surface area contributed by atoms with Crippen LogP contribution in [0.2, 0.25) is 0 Å². The zero-order valence-corrected chi connectivity index (χ0v) is 17.9. The summed E-state index contributed by atoms with van der Waals surface area (Å²) < 4.78 is 0. The van der Waals surface area contributed by atoms with Crippen LogP contribution in [0.5, 0.6) is 0 Å². The maximum Gasteiger partial charge on any atom is 0.344 e. The number of urea groups is 1. The van der Waals surface area contributed by atoms with Gasteiger partial charge in [0.25, 0.3) is 5.91 Å². The largest absolute Gasteiger partial charge is 0.344 e. The van der Waals surface area contributed by atoms with Gasteiger partial charge < -0.3 is 10.2 Å². The Kier molecular flexibility index (Phi) is 5.98. The normalized spacial score (nSPS) is 28.5. The standard InChI is InChI=1S/C23H30N4O4/c1-16-9-11-23(12-10-16)21(30)27(22(31)24-23)25-20(29)18-8-5-13-26(15-18)19(28)14-17-6-3-2-4-7-17/h2-4,6-7,16,18H,5,8-15H2,1H3,(H,24,31)(H,25,29). The first-order valence-electron chi connectivity index (χ1n) is 11.2. The molecule has 166 valence electrons. The molecule has 4 rings (SSSR count). The van der Waals surface area contributed by atoms with Crippen molar-refractivity contribution in [3.63, 3.8) is 0 Å². The maximum absolute atomic E-state index is 13.0. The lowest BCUT2D eigenvalue weighted by molar-refractivity contribution is -0.143. The van der Waals surface area contributed by atoms with Crippen molar-refractivity contribution in [1.82, 2.24) is 20.7 Å². The highest BCUT2D eigenvalue weighted by Crippen LogP contribution is 2.35. The number of likely N-dealkylation sites (tertiary alicyclic amines) is 1. The first-order chi connectivity index (χ1) is 14.9. The van der Waals surface area contributed by atoms with Crippen LogP contribution < -0.4 is 10.7 Å². The second-order valence-corrected chi connectivity index (χ2v) is 9.15. The van der Waals surface area contributed by atoms with E-state index in [1.54, 1.807) is 4.90 Å². The number of hydrogen-bond acceptors (Lipinski definition) is 4. The molecule has 1 atom stereocenters. The number of carbonyl (C=O) groups excluding carboxylic acids is 4. The molecule has 1 spiro atoms. The lowest BCUT2D eigenvalue weighted by Gasteiger charge is -2.34. The van der Waals surface area contributed by atoms with Crippen LogP contribution in [0.3, 0.4) is 0 Å². The zero-order chi connectivity index (χ0) is 22.0. The van der Waals surface area contributed by atoms with Gasteiger partial charge in [-0.3, -0.25) is 19.8 Å². The molecule has 2 saturated heterocycles. The van der Waals surface area contributed by atoms with Crippen molar-refractivity contribution in [2.75, 3.05) is 13.1 Å². The second-order valence-electron chi connectivity index (χ2n) is 9.15. The summed E-state index contributed by atoms with van der Waals surface area (Å²) in [5.74, 6) is -0.695. The van der Waals surface area contributed by atoms with Crippen LogP contribution in [0, 0.1) is 11.8 Å². The van der Waals surface area contributed by atoms with Crippen molar-refractivity contribution in [3.05, 3.63) is 35.9 Å². The van der Waals surface area contributed by atoms with Gasteiger partial charge in [0.05, 0.1) is 12.3 Å². The predicted molar refractivity (Wildman–Crippen MR) is 113 cm³/mol. The fourth-order valence-corrected chi connectivity index (χ4v) is 4.82. The number of piperidine rings is 1. The van der Waals surface area contributed by atoms with Crippen molar-refractivity contribution in [2.45, 2.75) is 57.4 Å². The number of nitrogens with zero attached hydrogens (tertiary/aromatic N) is 2. The van der Waals surface area contributed by atoms with Crippen molar-refractivity contribution < 1.29 is 19.2 Å². The lowest BCUT2D eigenvalue weighted by Crippen LogP contribution is -2.54. The van der Waals surface area contributed by atoms with Crippen molar-refractivity contribution in [2.24, 2.45) is 11.8 Å². The molecule has 31 heavy (non-hydrogen) atoms. The van der Waals surface area contributed by atoms with Gasteiger partial charge in [0.2, 0.25) is 11.8 Å². The number of amides is 5. The van der Waals surface area contributed by atoms with E-state index in [0.29, 0.717) is 51.1 Å². The van der Waals surface area contributed by atoms with E-state index in [-0.39, 0.29) is 17.7 Å². The summed E-state index contributed by atoms with van der Waals surface area (Å²) in [5.41, 5.74) is 2.58. The molecule has 0 aromatic heterocycles. The van der Waals surface area contributed by atoms with Crippen LogP contribution in [0.15, 0.2) is 30.3 Å². The number of benzene rings is 1. The smallest absolute Gasteiger partial charge is 0.342 e. The average molecular weight is 427 g/mol. The van der Waals surface area contributed by atoms with E-state index in [2.05, 4.69) is 17.7 Å². The molecule has 1 unspecified atom stereocenters. The van der Waals surface area contributed by atoms with Gasteiger partial charge in [-0.2, -0.15) is 5.01 Å². The van der Waals surface area contributed by atoms with Crippen LogP contribution in [0.1, 0.15) is 51.0 Å². The minimum atomic E-state index is -0.888. The molecular weight excluding hydrogens is 396 g/mol. The van der Waals surface area contributed by atoms with Gasteiger partial charge in [0, 0.05) is 13.1 Å². The molecule has 1 aromatic rings. The zero-order valence-electron chi connectivity index (χ0n) is 17.9. The lowest BCUT2D eigenvalue weighted by atomic mass is 9.77. The Hall–Kier alpha value is -2.90. The number of hydrogen-bond donors (Lipinski definition) is 2. The first-order valence-corrected chi connectivity index (χ1v) is 11.2. The number of imide groups is 1. The fourth-order valence-electron chi connectivity index (χ4n) is 4.82. The molecule has 1 saturated carbocycles.